The maximum Gasteiger partial charge on any atom is 0.226 e. The van der Waals surface area contributed by atoms with Crippen LogP contribution in [0.1, 0.15) is 12.0 Å². The molecule has 2 heterocycles. The van der Waals surface area contributed by atoms with Crippen LogP contribution in [-0.4, -0.2) is 21.6 Å². The Bertz CT molecular complexity index is 1320. The molecule has 0 spiro atoms. The molecule has 0 aliphatic carbocycles. The van der Waals surface area contributed by atoms with Crippen LogP contribution in [0, 0.1) is 11.3 Å². The van der Waals surface area contributed by atoms with Crippen molar-refractivity contribution >= 4 is 57.3 Å². The molecule has 4 aromatic rings. The van der Waals surface area contributed by atoms with Gasteiger partial charge in [0, 0.05) is 38.7 Å². The van der Waals surface area contributed by atoms with E-state index in [1.54, 1.807) is 36.4 Å². The minimum atomic E-state index is -0.146. The lowest BCUT2D eigenvalue weighted by atomic mass is 10.1. The highest BCUT2D eigenvalue weighted by Gasteiger charge is 2.11. The van der Waals surface area contributed by atoms with Gasteiger partial charge in [-0.05, 0) is 36.4 Å². The molecule has 0 radical (unpaired) electrons. The fraction of sp³-hybridized carbons (Fsp3) is 0.0833. The number of carbonyl (C=O) groups is 1. The van der Waals surface area contributed by atoms with E-state index in [1.165, 1.54) is 23.1 Å². The predicted octanol–water partition coefficient (Wildman–Crippen LogP) is 7.17. The number of thioether (sulfide) groups is 1. The molecule has 0 fully saturated rings. The molecular formula is C24H16Cl2N4OS2. The van der Waals surface area contributed by atoms with Gasteiger partial charge in [-0.2, -0.15) is 5.26 Å². The Balaban J connectivity index is 1.36. The minimum Gasteiger partial charge on any atom is -0.302 e. The largest absolute Gasteiger partial charge is 0.302 e. The Hall–Kier alpha value is -2.89. The van der Waals surface area contributed by atoms with E-state index in [0.717, 1.165) is 22.5 Å². The Labute approximate surface area is 209 Å². The van der Waals surface area contributed by atoms with E-state index in [2.05, 4.69) is 21.4 Å². The van der Waals surface area contributed by atoms with Crippen LogP contribution in [0.2, 0.25) is 10.0 Å². The van der Waals surface area contributed by atoms with Crippen molar-refractivity contribution in [3.63, 3.8) is 0 Å². The summed E-state index contributed by atoms with van der Waals surface area (Å²) in [6.07, 6.45) is 0.262. The number of nitrogens with zero attached hydrogens (tertiary/aromatic N) is 3. The summed E-state index contributed by atoms with van der Waals surface area (Å²) < 4.78 is 0. The maximum atomic E-state index is 12.4. The summed E-state index contributed by atoms with van der Waals surface area (Å²) in [7, 11) is 0. The van der Waals surface area contributed by atoms with Crippen LogP contribution in [0.3, 0.4) is 0 Å². The first-order valence-corrected chi connectivity index (χ1v) is 12.4. The third kappa shape index (κ3) is 6.12. The first kappa shape index (κ1) is 23.3. The molecule has 0 saturated carbocycles. The molecule has 0 unspecified atom stereocenters. The van der Waals surface area contributed by atoms with Crippen LogP contribution in [0.15, 0.2) is 71.1 Å². The van der Waals surface area contributed by atoms with Crippen molar-refractivity contribution < 1.29 is 4.79 Å². The number of anilines is 1. The van der Waals surface area contributed by atoms with Crippen molar-refractivity contribution in [3.05, 3.63) is 81.7 Å². The van der Waals surface area contributed by atoms with Crippen LogP contribution in [0.5, 0.6) is 0 Å². The summed E-state index contributed by atoms with van der Waals surface area (Å²) in [6, 6.07) is 20.4. The third-order valence-corrected chi connectivity index (χ3v) is 6.83. The maximum absolute atomic E-state index is 12.4. The monoisotopic (exact) mass is 510 g/mol. The van der Waals surface area contributed by atoms with Crippen LogP contribution >= 0.6 is 46.3 Å². The smallest absolute Gasteiger partial charge is 0.226 e. The van der Waals surface area contributed by atoms with Gasteiger partial charge < -0.3 is 5.32 Å². The number of hydrogen-bond acceptors (Lipinski definition) is 6. The summed E-state index contributed by atoms with van der Waals surface area (Å²) in [4.78, 5) is 21.5. The number of halogens is 2. The second-order valence-electron chi connectivity index (χ2n) is 6.86. The normalized spacial score (nSPS) is 10.6. The third-order valence-electron chi connectivity index (χ3n) is 4.58. The average Bonchev–Trinajstić information content (AvgIpc) is 3.28. The standard InChI is InChI=1S/C24H16Cl2N4OS2/c25-18-6-1-15(2-7-18)20-10-5-17(13-27)23(28-20)32-12-11-22(31)30-24-29-21(14-33-24)16-3-8-19(26)9-4-16/h1-10,14H,11-12H2,(H,29,30,31). The van der Waals surface area contributed by atoms with Gasteiger partial charge in [-0.3, -0.25) is 4.79 Å². The highest BCUT2D eigenvalue weighted by atomic mass is 35.5. The van der Waals surface area contributed by atoms with Gasteiger partial charge in [0.05, 0.1) is 17.0 Å². The van der Waals surface area contributed by atoms with Crippen molar-refractivity contribution in [1.29, 1.82) is 5.26 Å². The van der Waals surface area contributed by atoms with E-state index in [0.29, 0.717) is 31.5 Å². The summed E-state index contributed by atoms with van der Waals surface area (Å²) in [5, 5.41) is 16.6. The molecule has 4 rings (SSSR count). The van der Waals surface area contributed by atoms with Gasteiger partial charge in [-0.15, -0.1) is 23.1 Å². The zero-order valence-electron chi connectivity index (χ0n) is 17.1. The molecule has 0 aliphatic heterocycles. The molecule has 5 nitrogen and oxygen atoms in total. The molecule has 1 amide bonds. The number of thiazole rings is 1. The highest BCUT2D eigenvalue weighted by Crippen LogP contribution is 2.28. The molecule has 33 heavy (non-hydrogen) atoms. The number of rotatable bonds is 7. The predicted molar refractivity (Wildman–Crippen MR) is 136 cm³/mol. The van der Waals surface area contributed by atoms with Crippen LogP contribution in [0.25, 0.3) is 22.5 Å². The molecule has 2 aromatic heterocycles. The molecule has 0 atom stereocenters. The first-order valence-electron chi connectivity index (χ1n) is 9.83. The van der Waals surface area contributed by atoms with Gasteiger partial charge in [0.1, 0.15) is 11.1 Å². The van der Waals surface area contributed by atoms with Crippen molar-refractivity contribution in [1.82, 2.24) is 9.97 Å². The zero-order valence-corrected chi connectivity index (χ0v) is 20.2. The summed E-state index contributed by atoms with van der Waals surface area (Å²) >= 11 is 14.6. The fourth-order valence-electron chi connectivity index (χ4n) is 2.92. The number of carbonyl (C=O) groups excluding carboxylic acids is 1. The number of hydrogen-bond donors (Lipinski definition) is 1. The molecule has 164 valence electrons. The van der Waals surface area contributed by atoms with Gasteiger partial charge in [-0.1, -0.05) is 47.5 Å². The van der Waals surface area contributed by atoms with Gasteiger partial charge in [0.25, 0.3) is 0 Å². The summed E-state index contributed by atoms with van der Waals surface area (Å²) in [5.41, 5.74) is 3.84. The number of amides is 1. The van der Waals surface area contributed by atoms with Crippen molar-refractivity contribution in [2.24, 2.45) is 0 Å². The molecule has 0 aliphatic rings. The van der Waals surface area contributed by atoms with E-state index in [4.69, 9.17) is 23.2 Å². The van der Waals surface area contributed by atoms with Crippen LogP contribution in [-0.2, 0) is 4.79 Å². The molecular weight excluding hydrogens is 495 g/mol. The molecule has 1 N–H and O–H groups in total. The van der Waals surface area contributed by atoms with E-state index in [9.17, 15) is 10.1 Å². The molecule has 2 aromatic carbocycles. The number of pyridine rings is 1. The summed E-state index contributed by atoms with van der Waals surface area (Å²) in [6.45, 7) is 0. The van der Waals surface area contributed by atoms with Crippen molar-refractivity contribution in [2.45, 2.75) is 11.4 Å². The van der Waals surface area contributed by atoms with E-state index >= 15 is 0 Å². The Morgan fingerprint density at radius 2 is 1.58 bits per heavy atom. The lowest BCUT2D eigenvalue weighted by Gasteiger charge is -2.07. The number of benzene rings is 2. The Morgan fingerprint density at radius 1 is 0.939 bits per heavy atom. The Morgan fingerprint density at radius 3 is 2.21 bits per heavy atom. The van der Waals surface area contributed by atoms with E-state index in [-0.39, 0.29) is 12.3 Å². The SMILES string of the molecule is N#Cc1ccc(-c2ccc(Cl)cc2)nc1SCCC(=O)Nc1nc(-c2ccc(Cl)cc2)cs1. The topological polar surface area (TPSA) is 78.7 Å². The second-order valence-corrected chi connectivity index (χ2v) is 9.67. The van der Waals surface area contributed by atoms with Crippen LogP contribution in [0.4, 0.5) is 5.13 Å². The van der Waals surface area contributed by atoms with E-state index < -0.39 is 0 Å². The number of nitriles is 1. The number of nitrogens with one attached hydrogen (secondary N) is 1. The van der Waals surface area contributed by atoms with Gasteiger partial charge in [0.15, 0.2) is 5.13 Å². The van der Waals surface area contributed by atoms with Crippen LogP contribution < -0.4 is 5.32 Å². The van der Waals surface area contributed by atoms with Crippen molar-refractivity contribution in [3.8, 4) is 28.6 Å². The molecule has 0 bridgehead atoms. The second kappa shape index (κ2) is 10.8. The quantitative estimate of drug-likeness (QED) is 0.266. The summed E-state index contributed by atoms with van der Waals surface area (Å²) in [5.74, 6) is 0.333. The van der Waals surface area contributed by atoms with Gasteiger partial charge in [0.2, 0.25) is 5.91 Å². The van der Waals surface area contributed by atoms with Crippen molar-refractivity contribution in [2.75, 3.05) is 11.1 Å². The molecule has 0 saturated heterocycles. The first-order chi connectivity index (χ1) is 16.0. The minimum absolute atomic E-state index is 0.146. The van der Waals surface area contributed by atoms with Gasteiger partial charge in [-0.25, -0.2) is 9.97 Å². The molecule has 9 heteroatoms. The lowest BCUT2D eigenvalue weighted by Crippen LogP contribution is -2.12. The lowest BCUT2D eigenvalue weighted by molar-refractivity contribution is -0.115. The number of aromatic nitrogens is 2. The highest BCUT2D eigenvalue weighted by molar-refractivity contribution is 7.99. The average molecular weight is 511 g/mol. The van der Waals surface area contributed by atoms with E-state index in [1.807, 2.05) is 29.6 Å². The van der Waals surface area contributed by atoms with Gasteiger partial charge >= 0.3 is 0 Å². The fourth-order valence-corrected chi connectivity index (χ4v) is 4.82. The Kier molecular flexibility index (Phi) is 7.63. The zero-order chi connectivity index (χ0) is 23.2.